The molecule has 0 spiro atoms. The number of benzene rings is 1. The van der Waals surface area contributed by atoms with Crippen LogP contribution in [0.5, 0.6) is 0 Å². The Bertz CT molecular complexity index is 1350. The maximum atomic E-state index is 4.38. The predicted molar refractivity (Wildman–Crippen MR) is 166 cm³/mol. The summed E-state index contributed by atoms with van der Waals surface area (Å²) in [6.45, 7) is 18.0. The van der Waals surface area contributed by atoms with Crippen LogP contribution in [0, 0.1) is 20.8 Å². The molecule has 8 heteroatoms. The summed E-state index contributed by atoms with van der Waals surface area (Å²) in [7, 11) is 5.99. The van der Waals surface area contributed by atoms with Crippen molar-refractivity contribution in [3.05, 3.63) is 78.5 Å². The van der Waals surface area contributed by atoms with Gasteiger partial charge in [0.1, 0.15) is 23.0 Å². The van der Waals surface area contributed by atoms with E-state index in [2.05, 4.69) is 35.6 Å². The first-order valence-electron chi connectivity index (χ1n) is 13.7. The number of hydrogen-bond donors (Lipinski definition) is 0. The van der Waals surface area contributed by atoms with Crippen molar-refractivity contribution >= 4 is 33.2 Å². The second-order valence-corrected chi connectivity index (χ2v) is 7.85. The van der Waals surface area contributed by atoms with Crippen LogP contribution in [0.4, 0.5) is 0 Å². The van der Waals surface area contributed by atoms with Crippen LogP contribution in [0.1, 0.15) is 59.0 Å². The molecule has 0 saturated heterocycles. The molecule has 0 aliphatic heterocycles. The standard InChI is InChI=1S/C9H10N2.2C8H9N3.3C2H6/c1-7-10-8-5-3-4-6-9(8)11(7)2;1-6-10-7-3-4-9-5-8(7)11(6)2;1-6-10-7-4-3-5-9-8(7)11(6)2;3*1-2/h3-6H,1-2H3;2*3-5H,1-2H3;3*1-2H3. The number of rotatable bonds is 0. The fraction of sp³-hybridized carbons (Fsp3) is 0.387. The summed E-state index contributed by atoms with van der Waals surface area (Å²) in [6, 6.07) is 13.9. The smallest absolute Gasteiger partial charge is 0.159 e. The SMILES string of the molecule is CC.CC.CC.Cc1nc2ccccc2n1C.Cc1nc2cccnc2n1C.Cc1nc2ccncc2n1C. The Balaban J connectivity index is 0.000000267. The molecule has 5 heterocycles. The van der Waals surface area contributed by atoms with Gasteiger partial charge in [-0.25, -0.2) is 19.9 Å². The Morgan fingerprint density at radius 3 is 1.56 bits per heavy atom. The van der Waals surface area contributed by atoms with Crippen molar-refractivity contribution < 1.29 is 0 Å². The topological polar surface area (TPSA) is 79.2 Å². The van der Waals surface area contributed by atoms with Crippen molar-refractivity contribution in [3.63, 3.8) is 0 Å². The van der Waals surface area contributed by atoms with Crippen LogP contribution >= 0.6 is 0 Å². The van der Waals surface area contributed by atoms with Crippen LogP contribution in [0.2, 0.25) is 0 Å². The molecular formula is C31H46N8. The largest absolute Gasteiger partial charge is 0.331 e. The highest BCUT2D eigenvalue weighted by Crippen LogP contribution is 2.13. The van der Waals surface area contributed by atoms with Gasteiger partial charge in [-0.2, -0.15) is 0 Å². The average Bonchev–Trinajstić information content (AvgIpc) is 3.57. The van der Waals surface area contributed by atoms with E-state index in [0.29, 0.717) is 0 Å². The molecule has 0 bridgehead atoms. The molecule has 0 N–H and O–H groups in total. The molecule has 0 saturated carbocycles. The summed E-state index contributed by atoms with van der Waals surface area (Å²) in [4.78, 5) is 21.3. The van der Waals surface area contributed by atoms with Crippen molar-refractivity contribution in [2.75, 3.05) is 0 Å². The number of aryl methyl sites for hydroxylation is 6. The first-order valence-corrected chi connectivity index (χ1v) is 13.7. The molecule has 6 aromatic rings. The van der Waals surface area contributed by atoms with Gasteiger partial charge in [0.2, 0.25) is 0 Å². The molecule has 0 unspecified atom stereocenters. The Morgan fingerprint density at radius 1 is 0.513 bits per heavy atom. The van der Waals surface area contributed by atoms with E-state index in [1.807, 2.05) is 135 Å². The van der Waals surface area contributed by atoms with Gasteiger partial charge >= 0.3 is 0 Å². The van der Waals surface area contributed by atoms with Crippen LogP contribution in [0.25, 0.3) is 33.2 Å². The van der Waals surface area contributed by atoms with Crippen LogP contribution in [0.15, 0.2) is 61.1 Å². The fourth-order valence-corrected chi connectivity index (χ4v) is 3.56. The average molecular weight is 531 g/mol. The van der Waals surface area contributed by atoms with Gasteiger partial charge in [-0.1, -0.05) is 53.7 Å². The van der Waals surface area contributed by atoms with E-state index < -0.39 is 0 Å². The summed E-state index contributed by atoms with van der Waals surface area (Å²) >= 11 is 0. The van der Waals surface area contributed by atoms with Gasteiger partial charge in [0.15, 0.2) is 5.65 Å². The van der Waals surface area contributed by atoms with E-state index in [9.17, 15) is 0 Å². The molecule has 210 valence electrons. The molecule has 0 radical (unpaired) electrons. The lowest BCUT2D eigenvalue weighted by Crippen LogP contribution is -1.91. The number of para-hydroxylation sites is 2. The quantitative estimate of drug-likeness (QED) is 0.203. The summed E-state index contributed by atoms with van der Waals surface area (Å²) < 4.78 is 6.10. The van der Waals surface area contributed by atoms with Crippen molar-refractivity contribution in [2.24, 2.45) is 21.1 Å². The van der Waals surface area contributed by atoms with Gasteiger partial charge in [-0.15, -0.1) is 0 Å². The van der Waals surface area contributed by atoms with Gasteiger partial charge < -0.3 is 13.7 Å². The lowest BCUT2D eigenvalue weighted by atomic mass is 10.3. The minimum atomic E-state index is 0.949. The van der Waals surface area contributed by atoms with Crippen LogP contribution < -0.4 is 0 Å². The first-order chi connectivity index (χ1) is 18.9. The Morgan fingerprint density at radius 2 is 1.00 bits per heavy atom. The lowest BCUT2D eigenvalue weighted by molar-refractivity contribution is 0.874. The minimum absolute atomic E-state index is 0.949. The molecule has 6 rings (SSSR count). The predicted octanol–water partition coefficient (Wildman–Crippen LogP) is 7.51. The third kappa shape index (κ3) is 8.21. The van der Waals surface area contributed by atoms with Crippen molar-refractivity contribution in [2.45, 2.75) is 62.3 Å². The summed E-state index contributed by atoms with van der Waals surface area (Å²) in [5, 5.41) is 0. The fourth-order valence-electron chi connectivity index (χ4n) is 3.56. The van der Waals surface area contributed by atoms with Gasteiger partial charge in [0.05, 0.1) is 28.3 Å². The maximum Gasteiger partial charge on any atom is 0.159 e. The van der Waals surface area contributed by atoms with Gasteiger partial charge in [-0.05, 0) is 51.1 Å². The van der Waals surface area contributed by atoms with Crippen molar-refractivity contribution in [1.82, 2.24) is 38.6 Å². The summed E-state index contributed by atoms with van der Waals surface area (Å²) in [5.74, 6) is 3.08. The van der Waals surface area contributed by atoms with E-state index in [4.69, 9.17) is 0 Å². The Kier molecular flexibility index (Phi) is 14.1. The number of imidazole rings is 3. The van der Waals surface area contributed by atoms with E-state index in [0.717, 1.165) is 45.2 Å². The van der Waals surface area contributed by atoms with Crippen LogP contribution in [-0.4, -0.2) is 38.6 Å². The van der Waals surface area contributed by atoms with E-state index in [1.165, 1.54) is 5.52 Å². The Labute approximate surface area is 233 Å². The Hall–Kier alpha value is -4.07. The van der Waals surface area contributed by atoms with Crippen molar-refractivity contribution in [1.29, 1.82) is 0 Å². The zero-order valence-corrected chi connectivity index (χ0v) is 25.9. The third-order valence-electron chi connectivity index (χ3n) is 5.77. The number of pyridine rings is 2. The number of fused-ring (bicyclic) bond motifs is 3. The number of aromatic nitrogens is 8. The molecule has 39 heavy (non-hydrogen) atoms. The van der Waals surface area contributed by atoms with Crippen LogP contribution in [-0.2, 0) is 21.1 Å². The summed E-state index contributed by atoms with van der Waals surface area (Å²) in [5.41, 5.74) is 6.29. The molecule has 5 aromatic heterocycles. The van der Waals surface area contributed by atoms with E-state index >= 15 is 0 Å². The molecule has 0 amide bonds. The molecule has 1 aromatic carbocycles. The molecule has 0 atom stereocenters. The second kappa shape index (κ2) is 16.7. The molecule has 8 nitrogen and oxygen atoms in total. The minimum Gasteiger partial charge on any atom is -0.331 e. The van der Waals surface area contributed by atoms with Gasteiger partial charge in [-0.3, -0.25) is 4.98 Å². The van der Waals surface area contributed by atoms with E-state index in [-0.39, 0.29) is 0 Å². The molecular weight excluding hydrogens is 484 g/mol. The highest BCUT2D eigenvalue weighted by Gasteiger charge is 2.03. The highest BCUT2D eigenvalue weighted by molar-refractivity contribution is 5.76. The molecule has 0 fully saturated rings. The zero-order chi connectivity index (χ0) is 29.5. The molecule has 0 aliphatic carbocycles. The second-order valence-electron chi connectivity index (χ2n) is 7.85. The van der Waals surface area contributed by atoms with Gasteiger partial charge in [0.25, 0.3) is 0 Å². The van der Waals surface area contributed by atoms with Gasteiger partial charge in [0, 0.05) is 33.5 Å². The lowest BCUT2D eigenvalue weighted by Gasteiger charge is -1.93. The number of nitrogens with zero attached hydrogens (tertiary/aromatic N) is 8. The first kappa shape index (κ1) is 33.0. The van der Waals surface area contributed by atoms with Crippen LogP contribution in [0.3, 0.4) is 0 Å². The van der Waals surface area contributed by atoms with E-state index in [1.54, 1.807) is 12.4 Å². The maximum absolute atomic E-state index is 4.38. The monoisotopic (exact) mass is 530 g/mol. The normalized spacial score (nSPS) is 9.54. The zero-order valence-electron chi connectivity index (χ0n) is 25.9. The summed E-state index contributed by atoms with van der Waals surface area (Å²) in [6.07, 6.45) is 5.37. The van der Waals surface area contributed by atoms with Crippen molar-refractivity contribution in [3.8, 4) is 0 Å². The third-order valence-corrected chi connectivity index (χ3v) is 5.77. The molecule has 0 aliphatic rings. The highest BCUT2D eigenvalue weighted by atomic mass is 15.1. The number of hydrogen-bond acceptors (Lipinski definition) is 5.